The van der Waals surface area contributed by atoms with Gasteiger partial charge in [-0.15, -0.1) is 0 Å². The fourth-order valence-corrected chi connectivity index (χ4v) is 4.91. The molecule has 174 valence electrons. The van der Waals surface area contributed by atoms with Crippen molar-refractivity contribution in [2.24, 2.45) is 5.73 Å². The van der Waals surface area contributed by atoms with Crippen molar-refractivity contribution in [3.8, 4) is 17.0 Å². The van der Waals surface area contributed by atoms with Crippen molar-refractivity contribution in [1.29, 1.82) is 0 Å². The molecule has 10 nitrogen and oxygen atoms in total. The molecule has 5 rings (SSSR count). The Morgan fingerprint density at radius 2 is 2.03 bits per heavy atom. The highest BCUT2D eigenvalue weighted by atomic mass is 16.5. The summed E-state index contributed by atoms with van der Waals surface area (Å²) in [4.78, 5) is 23.3. The molecular weight excluding hydrogens is 434 g/mol. The second-order valence-electron chi connectivity index (χ2n) is 8.26. The third-order valence-electron chi connectivity index (χ3n) is 6.57. The van der Waals surface area contributed by atoms with E-state index in [1.807, 2.05) is 54.4 Å². The van der Waals surface area contributed by atoms with Crippen molar-refractivity contribution < 1.29 is 14.6 Å². The van der Waals surface area contributed by atoms with Gasteiger partial charge in [-0.1, -0.05) is 30.3 Å². The minimum atomic E-state index is -1.10. The van der Waals surface area contributed by atoms with Crippen molar-refractivity contribution in [3.63, 3.8) is 0 Å². The average Bonchev–Trinajstić information content (AvgIpc) is 3.36. The Kier molecular flexibility index (Phi) is 5.09. The number of ether oxygens (including phenoxy) is 1. The number of aliphatic hydroxyl groups excluding tert-OH is 1. The first kappa shape index (κ1) is 21.7. The molecule has 0 saturated heterocycles. The summed E-state index contributed by atoms with van der Waals surface area (Å²) in [6.45, 7) is 0.159. The summed E-state index contributed by atoms with van der Waals surface area (Å²) in [5.41, 5.74) is 15.5. The second kappa shape index (κ2) is 7.99. The summed E-state index contributed by atoms with van der Waals surface area (Å²) in [6.07, 6.45) is 1.80. The number of nitrogens with zero attached hydrogens (tertiary/aromatic N) is 5. The monoisotopic (exact) mass is 459 g/mol. The lowest BCUT2D eigenvalue weighted by molar-refractivity contribution is -0.123. The number of carbonyl (C=O) groups is 1. The van der Waals surface area contributed by atoms with Gasteiger partial charge in [0.1, 0.15) is 23.6 Å². The molecular formula is C24H25N7O3. The Balaban J connectivity index is 1.68. The molecule has 1 aliphatic heterocycles. The second-order valence-corrected chi connectivity index (χ2v) is 8.26. The molecule has 2 aromatic heterocycles. The van der Waals surface area contributed by atoms with Crippen LogP contribution in [0.15, 0.2) is 48.8 Å². The number of primary amides is 1. The SMILES string of the molecule is COc1cc(-c2nn(CCO)c3ncnc(N)c23)ccc1C1(C(N)=O)Cc2ccccc2N1C. The molecule has 10 heteroatoms. The lowest BCUT2D eigenvalue weighted by Crippen LogP contribution is -2.52. The molecule has 0 bridgehead atoms. The number of rotatable bonds is 6. The Morgan fingerprint density at radius 3 is 2.74 bits per heavy atom. The number of nitrogens with two attached hydrogens (primary N) is 2. The maximum Gasteiger partial charge on any atom is 0.248 e. The first-order valence-electron chi connectivity index (χ1n) is 10.8. The van der Waals surface area contributed by atoms with E-state index in [2.05, 4.69) is 15.1 Å². The molecule has 4 aromatic rings. The van der Waals surface area contributed by atoms with E-state index in [0.29, 0.717) is 40.0 Å². The normalized spacial score (nSPS) is 17.2. The quantitative estimate of drug-likeness (QED) is 0.393. The molecule has 5 N–H and O–H groups in total. The molecule has 0 aliphatic carbocycles. The van der Waals surface area contributed by atoms with Crippen LogP contribution in [0.25, 0.3) is 22.3 Å². The van der Waals surface area contributed by atoms with E-state index in [9.17, 15) is 9.90 Å². The number of amides is 1. The Labute approximate surface area is 195 Å². The summed E-state index contributed by atoms with van der Waals surface area (Å²) in [6, 6.07) is 13.4. The fraction of sp³-hybridized carbons (Fsp3) is 0.250. The smallest absolute Gasteiger partial charge is 0.248 e. The van der Waals surface area contributed by atoms with E-state index in [1.165, 1.54) is 6.33 Å². The van der Waals surface area contributed by atoms with Gasteiger partial charge in [-0.3, -0.25) is 4.79 Å². The van der Waals surface area contributed by atoms with Crippen molar-refractivity contribution in [3.05, 3.63) is 59.9 Å². The van der Waals surface area contributed by atoms with E-state index >= 15 is 0 Å². The number of hydrogen-bond acceptors (Lipinski definition) is 8. The number of anilines is 2. The molecule has 2 aromatic carbocycles. The van der Waals surface area contributed by atoms with Gasteiger partial charge < -0.3 is 26.2 Å². The van der Waals surface area contributed by atoms with Crippen molar-refractivity contribution in [1.82, 2.24) is 19.7 Å². The predicted molar refractivity (Wildman–Crippen MR) is 128 cm³/mol. The highest BCUT2D eigenvalue weighted by Gasteiger charge is 2.49. The van der Waals surface area contributed by atoms with Crippen LogP contribution in [0.5, 0.6) is 5.75 Å². The molecule has 34 heavy (non-hydrogen) atoms. The van der Waals surface area contributed by atoms with Gasteiger partial charge >= 0.3 is 0 Å². The Morgan fingerprint density at radius 1 is 1.24 bits per heavy atom. The summed E-state index contributed by atoms with van der Waals surface area (Å²) >= 11 is 0. The Bertz CT molecular complexity index is 1420. The molecule has 0 radical (unpaired) electrons. The Hall–Kier alpha value is -4.18. The van der Waals surface area contributed by atoms with E-state index in [1.54, 1.807) is 11.8 Å². The van der Waals surface area contributed by atoms with Crippen LogP contribution in [-0.4, -0.2) is 51.5 Å². The number of benzene rings is 2. The van der Waals surface area contributed by atoms with Crippen LogP contribution in [0.2, 0.25) is 0 Å². The molecule has 3 heterocycles. The van der Waals surface area contributed by atoms with Gasteiger partial charge in [0.2, 0.25) is 5.91 Å². The van der Waals surface area contributed by atoms with E-state index in [4.69, 9.17) is 16.2 Å². The maximum atomic E-state index is 13.0. The summed E-state index contributed by atoms with van der Waals surface area (Å²) in [7, 11) is 3.42. The molecule has 1 amide bonds. The molecule has 1 unspecified atom stereocenters. The van der Waals surface area contributed by atoms with Gasteiger partial charge in [-0.2, -0.15) is 5.10 Å². The first-order valence-corrected chi connectivity index (χ1v) is 10.8. The van der Waals surface area contributed by atoms with Crippen LogP contribution in [0.3, 0.4) is 0 Å². The standard InChI is InChI=1S/C24H25N7O3/c1-30-17-6-4-3-5-15(17)12-24(30,23(26)33)16-8-7-14(11-18(16)34-2)20-19-21(25)27-13-28-22(19)31(29-20)9-10-32/h3-8,11,13,32H,9-10,12H2,1-2H3,(H2,26,33)(H2,25,27,28). The van der Waals surface area contributed by atoms with Crippen LogP contribution in [0, 0.1) is 0 Å². The van der Waals surface area contributed by atoms with Crippen molar-refractivity contribution >= 4 is 28.4 Å². The highest BCUT2D eigenvalue weighted by molar-refractivity contribution is 5.99. The molecule has 0 spiro atoms. The third-order valence-corrected chi connectivity index (χ3v) is 6.57. The van der Waals surface area contributed by atoms with Crippen LogP contribution in [0.1, 0.15) is 11.1 Å². The molecule has 0 fully saturated rings. The summed E-state index contributed by atoms with van der Waals surface area (Å²) in [5.74, 6) is 0.315. The fourth-order valence-electron chi connectivity index (χ4n) is 4.91. The van der Waals surface area contributed by atoms with Gasteiger partial charge in [0.15, 0.2) is 11.2 Å². The topological polar surface area (TPSA) is 145 Å². The number of likely N-dealkylation sites (N-methyl/N-ethyl adjacent to an activating group) is 1. The lowest BCUT2D eigenvalue weighted by Gasteiger charge is -2.36. The number of fused-ring (bicyclic) bond motifs is 2. The minimum absolute atomic E-state index is 0.101. The zero-order valence-corrected chi connectivity index (χ0v) is 18.9. The highest BCUT2D eigenvalue weighted by Crippen LogP contribution is 2.47. The number of carbonyl (C=O) groups excluding carboxylic acids is 1. The average molecular weight is 460 g/mol. The summed E-state index contributed by atoms with van der Waals surface area (Å²) < 4.78 is 7.36. The van der Waals surface area contributed by atoms with Crippen molar-refractivity contribution in [2.75, 3.05) is 31.4 Å². The zero-order valence-electron chi connectivity index (χ0n) is 18.9. The van der Waals surface area contributed by atoms with Gasteiger partial charge in [0.25, 0.3) is 0 Å². The number of hydrogen-bond donors (Lipinski definition) is 3. The van der Waals surface area contributed by atoms with Crippen LogP contribution < -0.4 is 21.1 Å². The third kappa shape index (κ3) is 2.99. The largest absolute Gasteiger partial charge is 0.496 e. The zero-order chi connectivity index (χ0) is 24.0. The van der Waals surface area contributed by atoms with Crippen molar-refractivity contribution in [2.45, 2.75) is 18.5 Å². The van der Waals surface area contributed by atoms with E-state index in [0.717, 1.165) is 11.3 Å². The number of methoxy groups -OCH3 is 1. The predicted octanol–water partition coefficient (Wildman–Crippen LogP) is 1.45. The number of aromatic nitrogens is 4. The van der Waals surface area contributed by atoms with Gasteiger partial charge in [-0.25, -0.2) is 14.6 Å². The molecule has 1 atom stereocenters. The van der Waals surface area contributed by atoms with Gasteiger partial charge in [0, 0.05) is 30.3 Å². The lowest BCUT2D eigenvalue weighted by atomic mass is 9.84. The molecule has 0 saturated carbocycles. The van der Waals surface area contributed by atoms with Gasteiger partial charge in [0.05, 0.1) is 25.6 Å². The van der Waals surface area contributed by atoms with Crippen LogP contribution in [0.4, 0.5) is 11.5 Å². The minimum Gasteiger partial charge on any atom is -0.496 e. The van der Waals surface area contributed by atoms with Crippen LogP contribution >= 0.6 is 0 Å². The number of aliphatic hydroxyl groups is 1. The molecule has 1 aliphatic rings. The van der Waals surface area contributed by atoms with E-state index in [-0.39, 0.29) is 19.0 Å². The van der Waals surface area contributed by atoms with Crippen LogP contribution in [-0.2, 0) is 23.3 Å². The van der Waals surface area contributed by atoms with E-state index < -0.39 is 11.4 Å². The number of nitrogen functional groups attached to an aromatic ring is 1. The maximum absolute atomic E-state index is 13.0. The first-order chi connectivity index (χ1) is 16.4. The number of para-hydroxylation sites is 1. The van der Waals surface area contributed by atoms with Gasteiger partial charge in [-0.05, 0) is 17.7 Å². The summed E-state index contributed by atoms with van der Waals surface area (Å²) in [5, 5.41) is 14.7.